The third-order valence-electron chi connectivity index (χ3n) is 3.63. The van der Waals surface area contributed by atoms with Gasteiger partial charge in [0.05, 0.1) is 38.2 Å². The van der Waals surface area contributed by atoms with Gasteiger partial charge >= 0.3 is 5.97 Å². The Bertz CT molecular complexity index is 871. The van der Waals surface area contributed by atoms with Crippen molar-refractivity contribution in [3.05, 3.63) is 53.1 Å². The van der Waals surface area contributed by atoms with Gasteiger partial charge < -0.3 is 29.4 Å². The van der Waals surface area contributed by atoms with Crippen LogP contribution in [-0.4, -0.2) is 32.9 Å². The molecule has 2 rings (SSSR count). The summed E-state index contributed by atoms with van der Waals surface area (Å²) in [7, 11) is 2.67. The molecule has 0 bridgehead atoms. The minimum absolute atomic E-state index is 0.0251. The van der Waals surface area contributed by atoms with Gasteiger partial charge in [-0.25, -0.2) is 0 Å². The lowest BCUT2D eigenvalue weighted by molar-refractivity contribution is -0.255. The lowest BCUT2D eigenvalue weighted by atomic mass is 10.1. The number of hydrogen-bond acceptors (Lipinski definition) is 8. The number of rotatable bonds is 8. The van der Waals surface area contributed by atoms with E-state index >= 15 is 0 Å². The SMILES string of the molecule is COc1cc(CC(=O)OCNc2ccc(C#N)cc2)cc(C(=O)[O-])c1OC. The summed E-state index contributed by atoms with van der Waals surface area (Å²) in [6.07, 6.45) is -0.157. The van der Waals surface area contributed by atoms with E-state index in [2.05, 4.69) is 5.32 Å². The highest BCUT2D eigenvalue weighted by Gasteiger charge is 2.15. The van der Waals surface area contributed by atoms with E-state index in [0.29, 0.717) is 16.8 Å². The third-order valence-corrected chi connectivity index (χ3v) is 3.63. The summed E-state index contributed by atoms with van der Waals surface area (Å²) in [6, 6.07) is 11.4. The number of carbonyl (C=O) groups excluding carboxylic acids is 2. The van der Waals surface area contributed by atoms with Gasteiger partial charge in [-0.1, -0.05) is 0 Å². The Morgan fingerprint density at radius 3 is 2.41 bits per heavy atom. The summed E-state index contributed by atoms with van der Waals surface area (Å²) in [4.78, 5) is 23.3. The summed E-state index contributed by atoms with van der Waals surface area (Å²) >= 11 is 0. The Kier molecular flexibility index (Phi) is 6.61. The minimum atomic E-state index is -1.44. The number of carboxylic acid groups (broad SMARTS) is 1. The number of carboxylic acids is 1. The maximum atomic E-state index is 12.0. The summed E-state index contributed by atoms with van der Waals surface area (Å²) in [6.45, 7) is -0.0780. The number of carbonyl (C=O) groups is 2. The number of methoxy groups -OCH3 is 2. The van der Waals surface area contributed by atoms with Crippen LogP contribution in [0.4, 0.5) is 5.69 Å². The van der Waals surface area contributed by atoms with Gasteiger partial charge in [-0.05, 0) is 42.0 Å². The van der Waals surface area contributed by atoms with Crippen LogP contribution in [0.2, 0.25) is 0 Å². The molecule has 0 unspecified atom stereocenters. The molecule has 0 aromatic heterocycles. The van der Waals surface area contributed by atoms with E-state index in [9.17, 15) is 14.7 Å². The first kappa shape index (κ1) is 19.6. The molecular weight excluding hydrogens is 352 g/mol. The molecule has 0 saturated heterocycles. The van der Waals surface area contributed by atoms with E-state index in [1.807, 2.05) is 6.07 Å². The lowest BCUT2D eigenvalue weighted by Crippen LogP contribution is -2.23. The number of anilines is 1. The third kappa shape index (κ3) is 5.12. The molecule has 140 valence electrons. The van der Waals surface area contributed by atoms with Crippen LogP contribution in [-0.2, 0) is 16.0 Å². The summed E-state index contributed by atoms with van der Waals surface area (Å²) in [5, 5.41) is 22.9. The summed E-state index contributed by atoms with van der Waals surface area (Å²) in [5.41, 5.74) is 1.38. The highest BCUT2D eigenvalue weighted by Crippen LogP contribution is 2.32. The number of ether oxygens (including phenoxy) is 3. The van der Waals surface area contributed by atoms with Crippen LogP contribution in [0.25, 0.3) is 0 Å². The van der Waals surface area contributed by atoms with E-state index in [0.717, 1.165) is 0 Å². The van der Waals surface area contributed by atoms with Crippen molar-refractivity contribution < 1.29 is 28.9 Å². The van der Waals surface area contributed by atoms with Crippen molar-refractivity contribution in [3.8, 4) is 17.6 Å². The van der Waals surface area contributed by atoms with Gasteiger partial charge in [0.15, 0.2) is 18.2 Å². The molecular formula is C19H17N2O6-. The molecule has 0 saturated carbocycles. The standard InChI is InChI=1S/C19H18N2O6/c1-25-16-8-13(7-15(19(23)24)18(16)26-2)9-17(22)27-11-21-14-5-3-12(10-20)4-6-14/h3-8,21H,9,11H2,1-2H3,(H,23,24)/p-1. The van der Waals surface area contributed by atoms with E-state index in [-0.39, 0.29) is 30.2 Å². The number of nitrogens with one attached hydrogen (secondary N) is 1. The predicted octanol–water partition coefficient (Wildman–Crippen LogP) is 1.09. The van der Waals surface area contributed by atoms with Crippen molar-refractivity contribution in [1.82, 2.24) is 0 Å². The molecule has 0 amide bonds. The molecule has 1 N–H and O–H groups in total. The van der Waals surface area contributed by atoms with Gasteiger partial charge in [-0.2, -0.15) is 5.26 Å². The van der Waals surface area contributed by atoms with Crippen LogP contribution in [0.1, 0.15) is 21.5 Å². The number of nitriles is 1. The molecule has 27 heavy (non-hydrogen) atoms. The second-order valence-electron chi connectivity index (χ2n) is 5.37. The predicted molar refractivity (Wildman–Crippen MR) is 93.3 cm³/mol. The van der Waals surface area contributed by atoms with Gasteiger partial charge in [0.2, 0.25) is 0 Å². The van der Waals surface area contributed by atoms with Crippen LogP contribution < -0.4 is 19.9 Å². The molecule has 0 spiro atoms. The number of aromatic carboxylic acids is 1. The second-order valence-corrected chi connectivity index (χ2v) is 5.37. The van der Waals surface area contributed by atoms with Gasteiger partial charge in [0.25, 0.3) is 0 Å². The molecule has 8 heteroatoms. The largest absolute Gasteiger partial charge is 0.545 e. The second kappa shape index (κ2) is 9.10. The Balaban J connectivity index is 1.99. The first-order valence-electron chi connectivity index (χ1n) is 7.84. The highest BCUT2D eigenvalue weighted by atomic mass is 16.5. The number of nitrogens with zero attached hydrogens (tertiary/aromatic N) is 1. The Labute approximate surface area is 155 Å². The minimum Gasteiger partial charge on any atom is -0.545 e. The van der Waals surface area contributed by atoms with E-state index < -0.39 is 11.9 Å². The maximum absolute atomic E-state index is 12.0. The fraction of sp³-hybridized carbons (Fsp3) is 0.211. The van der Waals surface area contributed by atoms with Crippen molar-refractivity contribution in [3.63, 3.8) is 0 Å². The van der Waals surface area contributed by atoms with Crippen LogP contribution in [0.15, 0.2) is 36.4 Å². The lowest BCUT2D eigenvalue weighted by Gasteiger charge is -2.15. The normalized spacial score (nSPS) is 9.81. The van der Waals surface area contributed by atoms with Gasteiger partial charge in [0, 0.05) is 11.3 Å². The first-order chi connectivity index (χ1) is 13.0. The average Bonchev–Trinajstić information content (AvgIpc) is 2.67. The molecule has 8 nitrogen and oxygen atoms in total. The maximum Gasteiger partial charge on any atom is 0.311 e. The zero-order valence-corrected chi connectivity index (χ0v) is 14.8. The summed E-state index contributed by atoms with van der Waals surface area (Å²) < 4.78 is 15.2. The molecule has 0 aliphatic carbocycles. The van der Waals surface area contributed by atoms with Crippen molar-refractivity contribution >= 4 is 17.6 Å². The summed E-state index contributed by atoms with van der Waals surface area (Å²) in [5.74, 6) is -1.80. The van der Waals surface area contributed by atoms with Crippen LogP contribution in [0.5, 0.6) is 11.5 Å². The molecule has 0 atom stereocenters. The fourth-order valence-corrected chi connectivity index (χ4v) is 2.36. The quantitative estimate of drug-likeness (QED) is 0.542. The van der Waals surface area contributed by atoms with Crippen LogP contribution >= 0.6 is 0 Å². The zero-order valence-electron chi connectivity index (χ0n) is 14.8. The van der Waals surface area contributed by atoms with Gasteiger partial charge in [0.1, 0.15) is 0 Å². The monoisotopic (exact) mass is 369 g/mol. The molecule has 0 fully saturated rings. The zero-order chi connectivity index (χ0) is 19.8. The van der Waals surface area contributed by atoms with E-state index in [4.69, 9.17) is 19.5 Å². The molecule has 0 radical (unpaired) electrons. The molecule has 2 aromatic carbocycles. The van der Waals surface area contributed by atoms with Crippen LogP contribution in [0.3, 0.4) is 0 Å². The number of benzene rings is 2. The van der Waals surface area contributed by atoms with Crippen molar-refractivity contribution in [2.45, 2.75) is 6.42 Å². The number of hydrogen-bond donors (Lipinski definition) is 1. The van der Waals surface area contributed by atoms with Gasteiger partial charge in [-0.15, -0.1) is 0 Å². The van der Waals surface area contributed by atoms with Crippen molar-refractivity contribution in [2.75, 3.05) is 26.3 Å². The molecule has 2 aromatic rings. The number of esters is 1. The Hall–Kier alpha value is -3.73. The Morgan fingerprint density at radius 2 is 1.85 bits per heavy atom. The van der Waals surface area contributed by atoms with Crippen molar-refractivity contribution in [2.24, 2.45) is 0 Å². The molecule has 0 aliphatic heterocycles. The molecule has 0 heterocycles. The highest BCUT2D eigenvalue weighted by molar-refractivity contribution is 5.91. The first-order valence-corrected chi connectivity index (χ1v) is 7.84. The topological polar surface area (TPSA) is 121 Å². The fourth-order valence-electron chi connectivity index (χ4n) is 2.36. The van der Waals surface area contributed by atoms with Crippen molar-refractivity contribution in [1.29, 1.82) is 5.26 Å². The van der Waals surface area contributed by atoms with Crippen LogP contribution in [0, 0.1) is 11.3 Å². The average molecular weight is 369 g/mol. The van der Waals surface area contributed by atoms with Gasteiger partial charge in [-0.3, -0.25) is 4.79 Å². The van der Waals surface area contributed by atoms with E-state index in [1.165, 1.54) is 26.4 Å². The Morgan fingerprint density at radius 1 is 1.15 bits per heavy atom. The smallest absolute Gasteiger partial charge is 0.311 e. The van der Waals surface area contributed by atoms with E-state index in [1.54, 1.807) is 24.3 Å². The molecule has 0 aliphatic rings.